The van der Waals surface area contributed by atoms with Crippen LogP contribution < -0.4 is 5.73 Å². The number of anilines is 1. The molecule has 0 aliphatic heterocycles. The maximum absolute atomic E-state index is 11.0. The molecular weight excluding hydrogens is 230 g/mol. The van der Waals surface area contributed by atoms with E-state index in [2.05, 4.69) is 4.98 Å². The number of nitrogens with two attached hydrogens (primary N) is 1. The van der Waals surface area contributed by atoms with Crippen LogP contribution in [0.2, 0.25) is 5.02 Å². The molecule has 0 fully saturated rings. The third-order valence-electron chi connectivity index (χ3n) is 2.57. The molecule has 0 aliphatic carbocycles. The van der Waals surface area contributed by atoms with E-state index in [4.69, 9.17) is 22.4 Å². The van der Waals surface area contributed by atoms with Gasteiger partial charge in [0.2, 0.25) is 0 Å². The van der Waals surface area contributed by atoms with Crippen molar-refractivity contribution < 1.29 is 9.90 Å². The van der Waals surface area contributed by atoms with Gasteiger partial charge in [-0.05, 0) is 19.9 Å². The Kier molecular flexibility index (Phi) is 2.27. The number of rotatable bonds is 1. The fourth-order valence-electron chi connectivity index (χ4n) is 1.62. The molecule has 2 rings (SSSR count). The van der Waals surface area contributed by atoms with Crippen LogP contribution in [0.5, 0.6) is 0 Å². The van der Waals surface area contributed by atoms with Gasteiger partial charge in [0.25, 0.3) is 0 Å². The van der Waals surface area contributed by atoms with Crippen molar-refractivity contribution in [2.24, 2.45) is 0 Å². The van der Waals surface area contributed by atoms with Gasteiger partial charge in [0.05, 0.1) is 10.7 Å². The van der Waals surface area contributed by atoms with Gasteiger partial charge in [0.15, 0.2) is 5.65 Å². The summed E-state index contributed by atoms with van der Waals surface area (Å²) in [6, 6.07) is 1.32. The quantitative estimate of drug-likeness (QED) is 0.796. The van der Waals surface area contributed by atoms with Gasteiger partial charge in [-0.15, -0.1) is 0 Å². The molecular formula is C10H10ClN3O2. The molecule has 0 aromatic carbocycles. The van der Waals surface area contributed by atoms with Crippen LogP contribution in [-0.4, -0.2) is 20.5 Å². The van der Waals surface area contributed by atoms with Gasteiger partial charge in [0, 0.05) is 5.69 Å². The van der Waals surface area contributed by atoms with E-state index >= 15 is 0 Å². The molecule has 0 aliphatic rings. The summed E-state index contributed by atoms with van der Waals surface area (Å²) < 4.78 is 1.56. The molecule has 0 unspecified atom stereocenters. The molecule has 84 valence electrons. The number of halogens is 1. The van der Waals surface area contributed by atoms with Crippen LogP contribution in [0.3, 0.4) is 0 Å². The van der Waals surface area contributed by atoms with Gasteiger partial charge in [-0.1, -0.05) is 11.6 Å². The molecule has 3 N–H and O–H groups in total. The smallest absolute Gasteiger partial charge is 0.339 e. The first-order valence-corrected chi connectivity index (χ1v) is 4.98. The summed E-state index contributed by atoms with van der Waals surface area (Å²) in [4.78, 5) is 15.2. The van der Waals surface area contributed by atoms with Crippen molar-refractivity contribution in [3.8, 4) is 0 Å². The summed E-state index contributed by atoms with van der Waals surface area (Å²) in [7, 11) is 0. The summed E-state index contributed by atoms with van der Waals surface area (Å²) in [5.41, 5.74) is 7.70. The summed E-state index contributed by atoms with van der Waals surface area (Å²) in [6.07, 6.45) is 0. The second-order valence-electron chi connectivity index (χ2n) is 3.54. The highest BCUT2D eigenvalue weighted by Gasteiger charge is 2.18. The number of carboxylic acids is 1. The Morgan fingerprint density at radius 1 is 1.56 bits per heavy atom. The first kappa shape index (κ1) is 10.8. The van der Waals surface area contributed by atoms with E-state index in [1.165, 1.54) is 6.07 Å². The largest absolute Gasteiger partial charge is 0.478 e. The Bertz CT molecular complexity index is 604. The highest BCUT2D eigenvalue weighted by atomic mass is 35.5. The summed E-state index contributed by atoms with van der Waals surface area (Å²) >= 11 is 5.88. The second-order valence-corrected chi connectivity index (χ2v) is 3.95. The topological polar surface area (TPSA) is 80.6 Å². The number of aromatic nitrogens is 2. The van der Waals surface area contributed by atoms with Crippen molar-refractivity contribution in [1.82, 2.24) is 9.38 Å². The van der Waals surface area contributed by atoms with Crippen LogP contribution in [0.1, 0.15) is 21.7 Å². The Balaban J connectivity index is 3.01. The van der Waals surface area contributed by atoms with Crippen LogP contribution in [0.4, 0.5) is 5.82 Å². The van der Waals surface area contributed by atoms with Crippen LogP contribution in [0.15, 0.2) is 6.07 Å². The third kappa shape index (κ3) is 1.32. The Morgan fingerprint density at radius 2 is 2.19 bits per heavy atom. The molecule has 0 saturated carbocycles. The third-order valence-corrected chi connectivity index (χ3v) is 2.88. The summed E-state index contributed by atoms with van der Waals surface area (Å²) in [5.74, 6) is -0.767. The molecule has 5 nitrogen and oxygen atoms in total. The number of aromatic carboxylic acids is 1. The van der Waals surface area contributed by atoms with Gasteiger partial charge in [-0.2, -0.15) is 0 Å². The molecule has 6 heteroatoms. The average molecular weight is 240 g/mol. The first-order valence-electron chi connectivity index (χ1n) is 4.60. The van der Waals surface area contributed by atoms with Gasteiger partial charge in [-0.3, -0.25) is 4.40 Å². The average Bonchev–Trinajstić information content (AvgIpc) is 2.49. The van der Waals surface area contributed by atoms with Gasteiger partial charge < -0.3 is 10.8 Å². The number of hydrogen-bond acceptors (Lipinski definition) is 3. The number of carboxylic acid groups (broad SMARTS) is 1. The number of nitrogens with zero attached hydrogens (tertiary/aromatic N) is 2. The molecule has 16 heavy (non-hydrogen) atoms. The number of imidazole rings is 1. The van der Waals surface area contributed by atoms with E-state index in [1.54, 1.807) is 11.3 Å². The van der Waals surface area contributed by atoms with E-state index in [0.717, 1.165) is 11.4 Å². The van der Waals surface area contributed by atoms with E-state index in [0.29, 0.717) is 11.5 Å². The Morgan fingerprint density at radius 3 is 2.75 bits per heavy atom. The number of nitrogen functional groups attached to an aromatic ring is 1. The van der Waals surface area contributed by atoms with Gasteiger partial charge in [0.1, 0.15) is 11.4 Å². The van der Waals surface area contributed by atoms with Crippen LogP contribution >= 0.6 is 11.6 Å². The molecule has 2 aromatic rings. The van der Waals surface area contributed by atoms with Crippen molar-refractivity contribution in [1.29, 1.82) is 0 Å². The SMILES string of the molecule is Cc1nc2c(C(=O)O)cc(Cl)c(N)n2c1C. The molecule has 0 atom stereocenters. The standard InChI is InChI=1S/C10H10ClN3O2/c1-4-5(2)14-8(12)7(11)3-6(10(15)16)9(14)13-4/h3H,12H2,1-2H3,(H,15,16). The Labute approximate surface area is 96.5 Å². The zero-order valence-corrected chi connectivity index (χ0v) is 9.54. The molecule has 0 radical (unpaired) electrons. The van der Waals surface area contributed by atoms with Gasteiger partial charge in [-0.25, -0.2) is 9.78 Å². The fourth-order valence-corrected chi connectivity index (χ4v) is 1.81. The van der Waals surface area contributed by atoms with Crippen LogP contribution in [-0.2, 0) is 0 Å². The molecule has 0 amide bonds. The molecule has 2 heterocycles. The zero-order valence-electron chi connectivity index (χ0n) is 8.78. The predicted molar refractivity (Wildman–Crippen MR) is 61.0 cm³/mol. The number of pyridine rings is 1. The number of hydrogen-bond donors (Lipinski definition) is 2. The van der Waals surface area contributed by atoms with Crippen molar-refractivity contribution in [3.63, 3.8) is 0 Å². The lowest BCUT2D eigenvalue weighted by molar-refractivity contribution is 0.0698. The number of carbonyl (C=O) groups is 1. The lowest BCUT2D eigenvalue weighted by Gasteiger charge is -2.06. The predicted octanol–water partition coefficient (Wildman–Crippen LogP) is 1.88. The minimum absolute atomic E-state index is 0.0513. The van der Waals surface area contributed by atoms with Crippen molar-refractivity contribution in [2.45, 2.75) is 13.8 Å². The Hall–Kier alpha value is -1.75. The number of fused-ring (bicyclic) bond motifs is 1. The van der Waals surface area contributed by atoms with E-state index < -0.39 is 5.97 Å². The van der Waals surface area contributed by atoms with E-state index in [1.807, 2.05) is 6.92 Å². The number of aryl methyl sites for hydroxylation is 2. The highest BCUT2D eigenvalue weighted by Crippen LogP contribution is 2.26. The molecule has 0 spiro atoms. The van der Waals surface area contributed by atoms with Crippen molar-refractivity contribution in [2.75, 3.05) is 5.73 Å². The van der Waals surface area contributed by atoms with E-state index in [-0.39, 0.29) is 10.6 Å². The van der Waals surface area contributed by atoms with Crippen molar-refractivity contribution in [3.05, 3.63) is 28.0 Å². The maximum atomic E-state index is 11.0. The highest BCUT2D eigenvalue weighted by molar-refractivity contribution is 6.33. The van der Waals surface area contributed by atoms with E-state index in [9.17, 15) is 4.79 Å². The summed E-state index contributed by atoms with van der Waals surface area (Å²) in [5, 5.41) is 9.26. The second kappa shape index (κ2) is 3.38. The van der Waals surface area contributed by atoms with Crippen LogP contribution in [0, 0.1) is 13.8 Å². The maximum Gasteiger partial charge on any atom is 0.339 e. The normalized spacial score (nSPS) is 10.9. The minimum atomic E-state index is -1.07. The minimum Gasteiger partial charge on any atom is -0.478 e. The lowest BCUT2D eigenvalue weighted by atomic mass is 10.2. The van der Waals surface area contributed by atoms with Crippen molar-refractivity contribution >= 4 is 29.0 Å². The zero-order chi connectivity index (χ0) is 12.0. The molecule has 0 bridgehead atoms. The fraction of sp³-hybridized carbons (Fsp3) is 0.200. The first-order chi connectivity index (χ1) is 7.43. The lowest BCUT2D eigenvalue weighted by Crippen LogP contribution is -2.06. The van der Waals surface area contributed by atoms with Crippen LogP contribution in [0.25, 0.3) is 5.65 Å². The monoisotopic (exact) mass is 239 g/mol. The summed E-state index contributed by atoms with van der Waals surface area (Å²) in [6.45, 7) is 3.61. The molecule has 2 aromatic heterocycles. The molecule has 0 saturated heterocycles. The van der Waals surface area contributed by atoms with Gasteiger partial charge >= 0.3 is 5.97 Å².